The van der Waals surface area contributed by atoms with Crippen molar-refractivity contribution in [3.63, 3.8) is 0 Å². The number of phenols is 1. The van der Waals surface area contributed by atoms with Crippen molar-refractivity contribution in [1.82, 2.24) is 0 Å². The first-order valence-electron chi connectivity index (χ1n) is 5.65. The molecular formula is C14H16O2. The maximum absolute atomic E-state index is 11.8. The molecule has 0 heterocycles. The van der Waals surface area contributed by atoms with Crippen molar-refractivity contribution in [2.24, 2.45) is 11.8 Å². The van der Waals surface area contributed by atoms with Gasteiger partial charge in [-0.2, -0.15) is 0 Å². The van der Waals surface area contributed by atoms with Gasteiger partial charge in [-0.25, -0.2) is 0 Å². The van der Waals surface area contributed by atoms with Crippen LogP contribution in [0, 0.1) is 11.8 Å². The molecule has 2 unspecified atom stereocenters. The van der Waals surface area contributed by atoms with Gasteiger partial charge in [0.05, 0.1) is 0 Å². The first-order valence-corrected chi connectivity index (χ1v) is 5.65. The van der Waals surface area contributed by atoms with E-state index >= 15 is 0 Å². The van der Waals surface area contributed by atoms with Crippen LogP contribution in [0.5, 0.6) is 5.75 Å². The van der Waals surface area contributed by atoms with E-state index in [2.05, 4.69) is 6.92 Å². The molecule has 0 aromatic heterocycles. The van der Waals surface area contributed by atoms with Crippen molar-refractivity contribution in [3.05, 3.63) is 42.0 Å². The number of hydrogen-bond acceptors (Lipinski definition) is 2. The molecule has 16 heavy (non-hydrogen) atoms. The van der Waals surface area contributed by atoms with E-state index in [1.54, 1.807) is 18.2 Å². The Balaban J connectivity index is 2.18. The number of carbonyl (C=O) groups is 1. The third-order valence-corrected chi connectivity index (χ3v) is 3.27. The molecule has 1 aliphatic carbocycles. The highest BCUT2D eigenvalue weighted by Gasteiger charge is 2.26. The molecule has 0 fully saturated rings. The lowest BCUT2D eigenvalue weighted by molar-refractivity contribution is -0.120. The normalized spacial score (nSPS) is 24.7. The molecule has 84 valence electrons. The summed E-state index contributed by atoms with van der Waals surface area (Å²) in [6.07, 6.45) is 5.19. The lowest BCUT2D eigenvalue weighted by Crippen LogP contribution is -2.25. The van der Waals surface area contributed by atoms with Crippen LogP contribution >= 0.6 is 0 Å². The van der Waals surface area contributed by atoms with Gasteiger partial charge in [-0.3, -0.25) is 4.79 Å². The SMILES string of the molecule is CC1CC=CC(=O)C1Cc1ccccc1O. The lowest BCUT2D eigenvalue weighted by Gasteiger charge is -2.24. The van der Waals surface area contributed by atoms with Gasteiger partial charge in [0.1, 0.15) is 5.75 Å². The van der Waals surface area contributed by atoms with Crippen LogP contribution in [0.2, 0.25) is 0 Å². The minimum absolute atomic E-state index is 0.0123. The summed E-state index contributed by atoms with van der Waals surface area (Å²) in [5.74, 6) is 0.842. The average Bonchev–Trinajstić information content (AvgIpc) is 2.26. The van der Waals surface area contributed by atoms with Crippen LogP contribution < -0.4 is 0 Å². The van der Waals surface area contributed by atoms with E-state index < -0.39 is 0 Å². The van der Waals surface area contributed by atoms with Crippen LogP contribution in [-0.4, -0.2) is 10.9 Å². The quantitative estimate of drug-likeness (QED) is 0.825. The van der Waals surface area contributed by atoms with Gasteiger partial charge < -0.3 is 5.11 Å². The maximum atomic E-state index is 11.8. The zero-order chi connectivity index (χ0) is 11.5. The van der Waals surface area contributed by atoms with E-state index in [0.29, 0.717) is 12.3 Å². The minimum atomic E-state index is 0.0123. The molecule has 2 atom stereocenters. The zero-order valence-corrected chi connectivity index (χ0v) is 9.39. The largest absolute Gasteiger partial charge is 0.508 e. The Morgan fingerprint density at radius 1 is 1.38 bits per heavy atom. The number of benzene rings is 1. The van der Waals surface area contributed by atoms with E-state index in [9.17, 15) is 9.90 Å². The molecule has 1 aromatic rings. The summed E-state index contributed by atoms with van der Waals surface area (Å²) in [4.78, 5) is 11.8. The van der Waals surface area contributed by atoms with Crippen LogP contribution in [-0.2, 0) is 11.2 Å². The summed E-state index contributed by atoms with van der Waals surface area (Å²) < 4.78 is 0. The molecule has 0 radical (unpaired) electrons. The molecular weight excluding hydrogens is 200 g/mol. The van der Waals surface area contributed by atoms with Gasteiger partial charge >= 0.3 is 0 Å². The molecule has 0 bridgehead atoms. The Kier molecular flexibility index (Phi) is 3.09. The molecule has 2 heteroatoms. The van der Waals surface area contributed by atoms with Crippen LogP contribution in [0.3, 0.4) is 0 Å². The zero-order valence-electron chi connectivity index (χ0n) is 9.39. The third-order valence-electron chi connectivity index (χ3n) is 3.27. The first kappa shape index (κ1) is 10.9. The molecule has 2 nitrogen and oxygen atoms in total. The van der Waals surface area contributed by atoms with Crippen molar-refractivity contribution >= 4 is 5.78 Å². The van der Waals surface area contributed by atoms with E-state index in [4.69, 9.17) is 0 Å². The lowest BCUT2D eigenvalue weighted by atomic mass is 9.79. The van der Waals surface area contributed by atoms with Crippen LogP contribution in [0.1, 0.15) is 18.9 Å². The van der Waals surface area contributed by atoms with Crippen molar-refractivity contribution in [2.45, 2.75) is 19.8 Å². The highest BCUT2D eigenvalue weighted by Crippen LogP contribution is 2.28. The molecule has 0 saturated carbocycles. The van der Waals surface area contributed by atoms with Crippen molar-refractivity contribution < 1.29 is 9.90 Å². The van der Waals surface area contributed by atoms with Gasteiger partial charge in [0.2, 0.25) is 0 Å². The highest BCUT2D eigenvalue weighted by molar-refractivity contribution is 5.92. The summed E-state index contributed by atoms with van der Waals surface area (Å²) in [5, 5.41) is 9.68. The molecule has 0 aliphatic heterocycles. The Hall–Kier alpha value is -1.57. The number of para-hydroxylation sites is 1. The Labute approximate surface area is 95.6 Å². The maximum Gasteiger partial charge on any atom is 0.159 e. The highest BCUT2D eigenvalue weighted by atomic mass is 16.3. The molecule has 0 spiro atoms. The summed E-state index contributed by atoms with van der Waals surface area (Å²) in [6.45, 7) is 2.09. The van der Waals surface area contributed by atoms with Gasteiger partial charge in [-0.05, 0) is 36.5 Å². The molecule has 1 aromatic carbocycles. The summed E-state index contributed by atoms with van der Waals surface area (Å²) in [6, 6.07) is 7.24. The number of hydrogen-bond donors (Lipinski definition) is 1. The topological polar surface area (TPSA) is 37.3 Å². The first-order chi connectivity index (χ1) is 7.68. The summed E-state index contributed by atoms with van der Waals surface area (Å²) >= 11 is 0. The van der Waals surface area contributed by atoms with Crippen molar-refractivity contribution in [2.75, 3.05) is 0 Å². The van der Waals surface area contributed by atoms with Gasteiger partial charge in [0.25, 0.3) is 0 Å². The summed E-state index contributed by atoms with van der Waals surface area (Å²) in [7, 11) is 0. The predicted octanol–water partition coefficient (Wildman–Crippen LogP) is 2.72. The second-order valence-corrected chi connectivity index (χ2v) is 4.46. The number of allylic oxidation sites excluding steroid dienone is 2. The van der Waals surface area contributed by atoms with Gasteiger partial charge in [0, 0.05) is 5.92 Å². The summed E-state index contributed by atoms with van der Waals surface area (Å²) in [5.41, 5.74) is 0.864. The van der Waals surface area contributed by atoms with Gasteiger partial charge in [-0.1, -0.05) is 31.2 Å². The fourth-order valence-electron chi connectivity index (χ4n) is 2.19. The predicted molar refractivity (Wildman–Crippen MR) is 63.2 cm³/mol. The Morgan fingerprint density at radius 2 is 2.12 bits per heavy atom. The Morgan fingerprint density at radius 3 is 2.81 bits per heavy atom. The van der Waals surface area contributed by atoms with Crippen molar-refractivity contribution in [3.8, 4) is 5.75 Å². The fourth-order valence-corrected chi connectivity index (χ4v) is 2.19. The number of carbonyl (C=O) groups excluding carboxylic acids is 1. The Bertz CT molecular complexity index is 420. The second-order valence-electron chi connectivity index (χ2n) is 4.46. The molecule has 1 aliphatic rings. The molecule has 0 amide bonds. The fraction of sp³-hybridized carbons (Fsp3) is 0.357. The van der Waals surface area contributed by atoms with Gasteiger partial charge in [-0.15, -0.1) is 0 Å². The molecule has 1 N–H and O–H groups in total. The number of ketones is 1. The van der Waals surface area contributed by atoms with E-state index in [1.165, 1.54) is 0 Å². The van der Waals surface area contributed by atoms with E-state index in [1.807, 2.05) is 18.2 Å². The number of aromatic hydroxyl groups is 1. The minimum Gasteiger partial charge on any atom is -0.508 e. The standard InChI is InChI=1S/C14H16O2/c1-10-5-4-8-14(16)12(10)9-11-6-2-3-7-13(11)15/h2-4,6-8,10,12,15H,5,9H2,1H3. The smallest absolute Gasteiger partial charge is 0.159 e. The molecule has 0 saturated heterocycles. The molecule has 2 rings (SSSR count). The average molecular weight is 216 g/mol. The van der Waals surface area contributed by atoms with E-state index in [0.717, 1.165) is 12.0 Å². The van der Waals surface area contributed by atoms with Crippen molar-refractivity contribution in [1.29, 1.82) is 0 Å². The van der Waals surface area contributed by atoms with Crippen LogP contribution in [0.25, 0.3) is 0 Å². The van der Waals surface area contributed by atoms with Crippen LogP contribution in [0.15, 0.2) is 36.4 Å². The number of rotatable bonds is 2. The van der Waals surface area contributed by atoms with Crippen LogP contribution in [0.4, 0.5) is 0 Å². The van der Waals surface area contributed by atoms with E-state index in [-0.39, 0.29) is 17.5 Å². The third kappa shape index (κ3) is 2.16. The second kappa shape index (κ2) is 4.52. The number of phenolic OH excluding ortho intramolecular Hbond substituents is 1. The van der Waals surface area contributed by atoms with Gasteiger partial charge in [0.15, 0.2) is 5.78 Å². The monoisotopic (exact) mass is 216 g/mol.